The highest BCUT2D eigenvalue weighted by molar-refractivity contribution is 7.80. The van der Waals surface area contributed by atoms with Crippen molar-refractivity contribution in [1.29, 1.82) is 0 Å². The summed E-state index contributed by atoms with van der Waals surface area (Å²) < 4.78 is 36.5. The summed E-state index contributed by atoms with van der Waals surface area (Å²) in [6, 6.07) is 7.91. The van der Waals surface area contributed by atoms with Crippen molar-refractivity contribution in [3.05, 3.63) is 70.3 Å². The van der Waals surface area contributed by atoms with Crippen LogP contribution in [-0.4, -0.2) is 201 Å². The zero-order chi connectivity index (χ0) is 54.8. The Hall–Kier alpha value is -3.56. The van der Waals surface area contributed by atoms with E-state index in [9.17, 15) is 40.2 Å². The minimum Gasteiger partial charge on any atom is -0.389 e. The molecule has 2 aromatic carbocycles. The highest BCUT2D eigenvalue weighted by Crippen LogP contribution is 2.35. The third kappa shape index (κ3) is 14.4. The molecule has 0 radical (unpaired) electrons. The summed E-state index contributed by atoms with van der Waals surface area (Å²) in [5, 5.41) is 79.0. The zero-order valence-corrected chi connectivity index (χ0v) is 44.0. The highest BCUT2D eigenvalue weighted by Gasteiger charge is 2.54. The molecule has 0 amide bonds. The second-order valence-electron chi connectivity index (χ2n) is 20.2. The van der Waals surface area contributed by atoms with Gasteiger partial charge in [0.2, 0.25) is 0 Å². The zero-order valence-electron chi connectivity index (χ0n) is 42.3. The number of rotatable bonds is 23. The van der Waals surface area contributed by atoms with E-state index in [0.717, 1.165) is 63.5 Å². The second-order valence-corrected chi connectivity index (χ2v) is 21.0. The number of carbonyl (C=O) groups is 2. The van der Waals surface area contributed by atoms with Crippen molar-refractivity contribution in [2.75, 3.05) is 32.7 Å². The molecule has 2 aromatic rings. The molecule has 1 saturated carbocycles. The van der Waals surface area contributed by atoms with Gasteiger partial charge < -0.3 is 115 Å². The summed E-state index contributed by atoms with van der Waals surface area (Å²) in [6.07, 6.45) is -11.6. The molecule has 0 unspecified atom stereocenters. The topological polar surface area (TPSA) is 415 Å². The first-order valence-corrected chi connectivity index (χ1v) is 27.0. The maximum absolute atomic E-state index is 13.1. The number of ketones is 2. The lowest BCUT2D eigenvalue weighted by Gasteiger charge is -2.47. The molecular formula is C50H78N10O14S2. The van der Waals surface area contributed by atoms with Crippen molar-refractivity contribution < 1.29 is 68.6 Å². The van der Waals surface area contributed by atoms with Crippen LogP contribution < -0.4 is 55.7 Å². The van der Waals surface area contributed by atoms with Gasteiger partial charge in [-0.25, -0.2) is 0 Å². The summed E-state index contributed by atoms with van der Waals surface area (Å²) in [6.45, 7) is 1.37. The van der Waals surface area contributed by atoms with Gasteiger partial charge in [0.1, 0.15) is 67.1 Å². The fraction of sp³-hybridized carbons (Fsp3) is 0.680. The van der Waals surface area contributed by atoms with Gasteiger partial charge in [0.05, 0.1) is 18.2 Å². The molecule has 3 saturated heterocycles. The number of ether oxygens (including phenoxy) is 6. The number of thiocarbonyl (C=S) groups is 2. The van der Waals surface area contributed by atoms with E-state index in [1.165, 1.54) is 0 Å². The molecule has 0 bridgehead atoms. The van der Waals surface area contributed by atoms with E-state index < -0.39 is 116 Å². The molecule has 3 aliphatic heterocycles. The fourth-order valence-electron chi connectivity index (χ4n) is 10.2. The Morgan fingerprint density at radius 2 is 1.00 bits per heavy atom. The van der Waals surface area contributed by atoms with E-state index in [-0.39, 0.29) is 37.6 Å². The van der Waals surface area contributed by atoms with Crippen LogP contribution in [0.3, 0.4) is 0 Å². The standard InChI is InChI=1S/C50H78N10O14S2/c51-19-30-38(64)40(66)33(55)46(69-30)72-43-29(54)18-28(53)37(63)45(43)74-48-42(68)44(73-47-34(56)41(67)39(65)31(20-52)70-47)32(71-48)22-60-50(76)58-16-10-6-4-2-1-3-5-9-15-57-49(75)59-21-23-13-14-26-27(17-23)36(62)25-12-8-7-11-24(25)35(26)61/h7-8,11-14,17,28-34,37-48,63-68H,1-6,9-10,15-16,18-22,51-56H2,(H2,57,59,75)(H2,58,60,76)/t28-,29+,30-,31+,32-,33-,34-,37+,38-,39-,40-,41-,42-,43-,44-,45-,46-,47-,48+/m1/s1. The Balaban J connectivity index is 0.816. The summed E-state index contributed by atoms with van der Waals surface area (Å²) in [5.74, 6) is -0.297. The van der Waals surface area contributed by atoms with E-state index >= 15 is 0 Å². The summed E-state index contributed by atoms with van der Waals surface area (Å²) in [7, 11) is 0. The molecular weight excluding hydrogens is 1030 g/mol. The smallest absolute Gasteiger partial charge is 0.194 e. The number of nitrogens with one attached hydrogen (secondary N) is 4. The van der Waals surface area contributed by atoms with Crippen LogP contribution >= 0.6 is 24.4 Å². The van der Waals surface area contributed by atoms with Crippen LogP contribution in [0.15, 0.2) is 42.5 Å². The lowest BCUT2D eigenvalue weighted by atomic mass is 9.83. The summed E-state index contributed by atoms with van der Waals surface area (Å²) in [5.41, 5.74) is 39.3. The van der Waals surface area contributed by atoms with Gasteiger partial charge in [-0.2, -0.15) is 0 Å². The number of aliphatic hydroxyl groups is 6. The van der Waals surface area contributed by atoms with Gasteiger partial charge >= 0.3 is 0 Å². The van der Waals surface area contributed by atoms with Crippen molar-refractivity contribution in [3.63, 3.8) is 0 Å². The molecule has 76 heavy (non-hydrogen) atoms. The SMILES string of the molecule is NC[C@@H]1O[C@H](O[C@H]2[C@@H](O)[C@H](O[C@@H]3[C@@H](O)[C@H](N)C[C@H](N)[C@H]3O[C@H]3O[C@H](CN)[C@@H](O)[C@H](O)[C@H]3N)O[C@@H]2CNC(=S)NCCCCCCCCCCNC(=S)NCc2ccc3c(c2)C(=O)c2ccccc2C3=O)[C@H](N)[C@@H](O)[C@@H]1O. The lowest BCUT2D eigenvalue weighted by Crippen LogP contribution is -2.68. The predicted molar refractivity (Wildman–Crippen MR) is 284 cm³/mol. The number of aliphatic hydroxyl groups excluding tert-OH is 6. The van der Waals surface area contributed by atoms with Gasteiger partial charge in [-0.05, 0) is 61.4 Å². The van der Waals surface area contributed by atoms with E-state index in [4.69, 9.17) is 87.3 Å². The number of fused-ring (bicyclic) bond motifs is 2. The Labute approximate surface area is 452 Å². The summed E-state index contributed by atoms with van der Waals surface area (Å²) in [4.78, 5) is 26.0. The first kappa shape index (κ1) is 60.1. The van der Waals surface area contributed by atoms with E-state index in [2.05, 4.69) is 21.3 Å². The van der Waals surface area contributed by atoms with Gasteiger partial charge in [0.15, 0.2) is 40.7 Å². The van der Waals surface area contributed by atoms with Crippen molar-refractivity contribution in [2.45, 2.75) is 181 Å². The Bertz CT molecular complexity index is 2260. The maximum atomic E-state index is 13.1. The Kier molecular flexibility index (Phi) is 22.2. The predicted octanol–water partition coefficient (Wildman–Crippen LogP) is -3.86. The minimum atomic E-state index is -1.60. The normalized spacial score (nSPS) is 35.3. The van der Waals surface area contributed by atoms with Gasteiger partial charge in [0.25, 0.3) is 0 Å². The van der Waals surface area contributed by atoms with Crippen molar-refractivity contribution in [2.24, 2.45) is 34.4 Å². The summed E-state index contributed by atoms with van der Waals surface area (Å²) >= 11 is 11.1. The second kappa shape index (κ2) is 28.0. The van der Waals surface area contributed by atoms with Gasteiger partial charge in [-0.1, -0.05) is 68.9 Å². The number of unbranched alkanes of at least 4 members (excludes halogenated alkanes) is 7. The molecule has 2 aliphatic carbocycles. The number of benzene rings is 2. The maximum Gasteiger partial charge on any atom is 0.194 e. The van der Waals surface area contributed by atoms with Crippen LogP contribution in [0.1, 0.15) is 95.2 Å². The van der Waals surface area contributed by atoms with Gasteiger partial charge in [-0.15, -0.1) is 0 Å². The number of hydrogen-bond donors (Lipinski definition) is 16. The van der Waals surface area contributed by atoms with Crippen LogP contribution in [0.4, 0.5) is 0 Å². The van der Waals surface area contributed by atoms with Crippen molar-refractivity contribution >= 4 is 46.2 Å². The largest absolute Gasteiger partial charge is 0.389 e. The average molecular weight is 1110 g/mol. The quantitative estimate of drug-likeness (QED) is 0.0319. The number of hydrogen-bond acceptors (Lipinski definition) is 22. The molecule has 424 valence electrons. The van der Waals surface area contributed by atoms with Crippen molar-refractivity contribution in [1.82, 2.24) is 21.3 Å². The van der Waals surface area contributed by atoms with Crippen molar-refractivity contribution in [3.8, 4) is 0 Å². The first-order chi connectivity index (χ1) is 36.4. The molecule has 19 atom stereocenters. The highest BCUT2D eigenvalue weighted by atomic mass is 32.1. The number of carbonyl (C=O) groups excluding carboxylic acids is 2. The molecule has 0 aromatic heterocycles. The number of nitrogens with two attached hydrogens (primary N) is 6. The third-order valence-corrected chi connectivity index (χ3v) is 15.3. The molecule has 3 heterocycles. The molecule has 0 spiro atoms. The molecule has 22 N–H and O–H groups in total. The van der Waals surface area contributed by atoms with E-state index in [1.807, 2.05) is 6.07 Å². The lowest BCUT2D eigenvalue weighted by molar-refractivity contribution is -0.306. The molecule has 7 rings (SSSR count). The van der Waals surface area contributed by atoms with Crippen LogP contribution in [0.5, 0.6) is 0 Å². The minimum absolute atomic E-state index is 0.0329. The molecule has 5 aliphatic rings. The monoisotopic (exact) mass is 1110 g/mol. The third-order valence-electron chi connectivity index (χ3n) is 14.8. The van der Waals surface area contributed by atoms with E-state index in [0.29, 0.717) is 45.6 Å². The molecule has 4 fully saturated rings. The Morgan fingerprint density at radius 3 is 1.55 bits per heavy atom. The fourth-order valence-corrected chi connectivity index (χ4v) is 10.6. The van der Waals surface area contributed by atoms with Crippen LogP contribution in [0.25, 0.3) is 0 Å². The average Bonchev–Trinajstić information content (AvgIpc) is 3.71. The van der Waals surface area contributed by atoms with Crippen LogP contribution in [0, 0.1) is 0 Å². The van der Waals surface area contributed by atoms with Gasteiger partial charge in [-0.3, -0.25) is 9.59 Å². The van der Waals surface area contributed by atoms with Crippen LogP contribution in [0.2, 0.25) is 0 Å². The van der Waals surface area contributed by atoms with E-state index in [1.54, 1.807) is 36.4 Å². The first-order valence-electron chi connectivity index (χ1n) is 26.2. The molecule has 24 nitrogen and oxygen atoms in total. The van der Waals surface area contributed by atoms with Gasteiger partial charge in [0, 0.05) is 73.6 Å². The van der Waals surface area contributed by atoms with Crippen LogP contribution in [-0.2, 0) is 35.0 Å². The Morgan fingerprint density at radius 1 is 0.526 bits per heavy atom. The molecule has 26 heteroatoms.